The van der Waals surface area contributed by atoms with Crippen molar-refractivity contribution in [2.75, 3.05) is 58.9 Å². The Balaban J connectivity index is -0.000000128. The molecular weight excluding hydrogens is 306 g/mol. The van der Waals surface area contributed by atoms with Crippen LogP contribution in [0.3, 0.4) is 0 Å². The fourth-order valence-electron chi connectivity index (χ4n) is 2.68. The number of carboxylic acid groups (broad SMARTS) is 1. The van der Waals surface area contributed by atoms with E-state index >= 15 is 0 Å². The topological polar surface area (TPSA) is 96.2 Å². The van der Waals surface area contributed by atoms with Crippen LogP contribution in [0.25, 0.3) is 0 Å². The Morgan fingerprint density at radius 2 is 0.792 bits per heavy atom. The molecule has 150 valence electrons. The van der Waals surface area contributed by atoms with Crippen LogP contribution in [0.1, 0.15) is 55.4 Å². The van der Waals surface area contributed by atoms with E-state index < -0.39 is 5.97 Å². The van der Waals surface area contributed by atoms with E-state index in [1.165, 1.54) is 61.3 Å². The molecular formula is C18H45N3O3. The summed E-state index contributed by atoms with van der Waals surface area (Å²) in [7, 11) is 0. The van der Waals surface area contributed by atoms with Gasteiger partial charge in [-0.2, -0.15) is 0 Å². The summed E-state index contributed by atoms with van der Waals surface area (Å²) < 4.78 is 2.56. The highest BCUT2D eigenvalue weighted by atomic mass is 16.4. The van der Waals surface area contributed by atoms with Crippen molar-refractivity contribution in [3.05, 3.63) is 0 Å². The summed E-state index contributed by atoms with van der Waals surface area (Å²) in [5, 5.41) is 9.13. The first-order chi connectivity index (χ1) is 10.8. The molecule has 0 heterocycles. The molecule has 0 aliphatic rings. The molecule has 0 aliphatic heterocycles. The van der Waals surface area contributed by atoms with Gasteiger partial charge in [-0.15, -0.1) is 0 Å². The minimum Gasteiger partial charge on any atom is -0.870 e. The number of rotatable bonds is 9. The number of nitrogens with two attached hydrogens (primary N) is 1. The van der Waals surface area contributed by atoms with Gasteiger partial charge in [-0.25, -0.2) is 0 Å². The average molecular weight is 352 g/mol. The first-order valence-corrected chi connectivity index (χ1v) is 9.36. The van der Waals surface area contributed by atoms with Gasteiger partial charge in [0.15, 0.2) is 0 Å². The molecule has 0 aromatic heterocycles. The SMILES string of the molecule is CC[N+](CC)(CC)CC.CC[N+](CC)(CC)CC.NCC(=O)[O-].[OH-]. The molecule has 0 bridgehead atoms. The van der Waals surface area contributed by atoms with Crippen LogP contribution in [-0.4, -0.2) is 79.3 Å². The molecule has 0 aromatic carbocycles. The molecule has 0 unspecified atom stereocenters. The van der Waals surface area contributed by atoms with Crippen molar-refractivity contribution in [1.29, 1.82) is 0 Å². The molecule has 0 fully saturated rings. The Kier molecular flexibility index (Phi) is 24.2. The fraction of sp³-hybridized carbons (Fsp3) is 0.944. The number of hydrogen-bond acceptors (Lipinski definition) is 4. The maximum atomic E-state index is 9.13. The molecule has 6 heteroatoms. The van der Waals surface area contributed by atoms with E-state index in [0.29, 0.717) is 0 Å². The number of carbonyl (C=O) groups is 1. The highest BCUT2D eigenvalue weighted by Crippen LogP contribution is 2.03. The average Bonchev–Trinajstić information content (AvgIpc) is 2.61. The molecule has 0 amide bonds. The van der Waals surface area contributed by atoms with Crippen LogP contribution in [0.15, 0.2) is 0 Å². The smallest absolute Gasteiger partial charge is 0.0757 e. The van der Waals surface area contributed by atoms with Crippen LogP contribution >= 0.6 is 0 Å². The maximum Gasteiger partial charge on any atom is 0.0757 e. The number of aliphatic carboxylic acids is 1. The summed E-state index contributed by atoms with van der Waals surface area (Å²) >= 11 is 0. The van der Waals surface area contributed by atoms with Crippen molar-refractivity contribution < 1.29 is 24.3 Å². The van der Waals surface area contributed by atoms with E-state index in [9.17, 15) is 0 Å². The zero-order valence-electron chi connectivity index (χ0n) is 17.6. The Labute approximate surface area is 151 Å². The lowest BCUT2D eigenvalue weighted by Crippen LogP contribution is -2.47. The van der Waals surface area contributed by atoms with Crippen molar-refractivity contribution in [1.82, 2.24) is 0 Å². The zero-order chi connectivity index (χ0) is 18.9. The van der Waals surface area contributed by atoms with Gasteiger partial charge >= 0.3 is 0 Å². The van der Waals surface area contributed by atoms with Gasteiger partial charge in [-0.1, -0.05) is 0 Å². The summed E-state index contributed by atoms with van der Waals surface area (Å²) in [6.45, 7) is 28.1. The summed E-state index contributed by atoms with van der Waals surface area (Å²) in [4.78, 5) is 9.13. The second kappa shape index (κ2) is 18.6. The first kappa shape index (κ1) is 31.1. The molecule has 0 saturated heterocycles. The van der Waals surface area contributed by atoms with E-state index in [1.807, 2.05) is 0 Å². The number of quaternary nitrogens is 2. The highest BCUT2D eigenvalue weighted by molar-refractivity contribution is 5.66. The second-order valence-corrected chi connectivity index (χ2v) is 5.79. The Hall–Kier alpha value is -0.690. The summed E-state index contributed by atoms with van der Waals surface area (Å²) in [6, 6.07) is 0. The third-order valence-corrected chi connectivity index (χ3v) is 5.53. The van der Waals surface area contributed by atoms with E-state index in [0.717, 1.165) is 0 Å². The summed E-state index contributed by atoms with van der Waals surface area (Å²) in [5.74, 6) is -1.22. The summed E-state index contributed by atoms with van der Waals surface area (Å²) in [5.41, 5.74) is 4.51. The van der Waals surface area contributed by atoms with E-state index in [-0.39, 0.29) is 12.0 Å². The van der Waals surface area contributed by atoms with Gasteiger partial charge in [-0.3, -0.25) is 0 Å². The fourth-order valence-corrected chi connectivity index (χ4v) is 2.68. The molecule has 0 rings (SSSR count). The zero-order valence-corrected chi connectivity index (χ0v) is 17.6. The molecule has 0 spiro atoms. The van der Waals surface area contributed by atoms with Crippen LogP contribution in [-0.2, 0) is 4.79 Å². The van der Waals surface area contributed by atoms with Gasteiger partial charge in [0.05, 0.1) is 58.3 Å². The molecule has 6 nitrogen and oxygen atoms in total. The van der Waals surface area contributed by atoms with Gasteiger partial charge in [0.2, 0.25) is 0 Å². The molecule has 0 aliphatic carbocycles. The predicted molar refractivity (Wildman–Crippen MR) is 101 cm³/mol. The van der Waals surface area contributed by atoms with Crippen molar-refractivity contribution in [2.45, 2.75) is 55.4 Å². The van der Waals surface area contributed by atoms with Gasteiger partial charge in [-0.05, 0) is 55.4 Å². The Morgan fingerprint density at radius 1 is 0.667 bits per heavy atom. The van der Waals surface area contributed by atoms with Gasteiger partial charge in [0.1, 0.15) is 0 Å². The van der Waals surface area contributed by atoms with Gasteiger partial charge in [0.25, 0.3) is 0 Å². The largest absolute Gasteiger partial charge is 0.870 e. The van der Waals surface area contributed by atoms with Crippen LogP contribution in [0.2, 0.25) is 0 Å². The quantitative estimate of drug-likeness (QED) is 0.633. The number of carbonyl (C=O) groups excluding carboxylic acids is 1. The van der Waals surface area contributed by atoms with E-state index in [2.05, 4.69) is 61.1 Å². The van der Waals surface area contributed by atoms with Gasteiger partial charge in [0, 0.05) is 6.54 Å². The van der Waals surface area contributed by atoms with Gasteiger partial charge < -0.3 is 30.1 Å². The number of nitrogens with zero attached hydrogens (tertiary/aromatic N) is 2. The molecule has 0 aromatic rings. The van der Waals surface area contributed by atoms with Crippen LogP contribution in [0.5, 0.6) is 0 Å². The van der Waals surface area contributed by atoms with E-state index in [1.54, 1.807) is 0 Å². The highest BCUT2D eigenvalue weighted by Gasteiger charge is 2.16. The standard InChI is InChI=1S/2C8H20N.C2H5NO2.H2O/c2*1-5-9(6-2,7-3)8-4;3-1-2(4)5;/h2*5-8H2,1-4H3;1,3H2,(H,4,5);1H2/q2*+1;;/p-2. The monoisotopic (exact) mass is 351 g/mol. The lowest BCUT2D eigenvalue weighted by atomic mass is 10.3. The lowest BCUT2D eigenvalue weighted by molar-refractivity contribution is -0.921. The minimum absolute atomic E-state index is 0. The third-order valence-electron chi connectivity index (χ3n) is 5.53. The third kappa shape index (κ3) is 13.7. The lowest BCUT2D eigenvalue weighted by Gasteiger charge is -2.34. The molecule has 0 saturated carbocycles. The minimum atomic E-state index is -1.22. The van der Waals surface area contributed by atoms with Crippen molar-refractivity contribution in [3.63, 3.8) is 0 Å². The molecule has 24 heavy (non-hydrogen) atoms. The molecule has 0 atom stereocenters. The Morgan fingerprint density at radius 3 is 0.792 bits per heavy atom. The van der Waals surface area contributed by atoms with Crippen LogP contribution < -0.4 is 10.8 Å². The summed E-state index contributed by atoms with van der Waals surface area (Å²) in [6.07, 6.45) is 0. The normalized spacial score (nSPS) is 10.5. The van der Waals surface area contributed by atoms with Crippen LogP contribution in [0, 0.1) is 0 Å². The van der Waals surface area contributed by atoms with Crippen molar-refractivity contribution in [2.24, 2.45) is 5.73 Å². The molecule has 3 N–H and O–H groups in total. The molecule has 0 radical (unpaired) electrons. The van der Waals surface area contributed by atoms with Crippen LogP contribution in [0.4, 0.5) is 0 Å². The first-order valence-electron chi connectivity index (χ1n) is 9.36. The Bertz CT molecular complexity index is 211. The maximum absolute atomic E-state index is 9.13. The van der Waals surface area contributed by atoms with E-state index in [4.69, 9.17) is 9.90 Å². The van der Waals surface area contributed by atoms with Crippen molar-refractivity contribution >= 4 is 5.97 Å². The predicted octanol–water partition coefficient (Wildman–Crippen LogP) is 1.28. The number of hydrogen-bond donors (Lipinski definition) is 1. The number of carboxylic acids is 1. The van der Waals surface area contributed by atoms with Crippen molar-refractivity contribution in [3.8, 4) is 0 Å². The second-order valence-electron chi connectivity index (χ2n) is 5.79.